The van der Waals surface area contributed by atoms with Crippen LogP contribution >= 0.6 is 0 Å². The number of pyridine rings is 2. The fourth-order valence-electron chi connectivity index (χ4n) is 1.51. The molecule has 80 valence electrons. The van der Waals surface area contributed by atoms with E-state index in [1.807, 2.05) is 6.07 Å². The van der Waals surface area contributed by atoms with Gasteiger partial charge in [-0.25, -0.2) is 4.98 Å². The second kappa shape index (κ2) is 4.53. The van der Waals surface area contributed by atoms with Crippen LogP contribution in [0.3, 0.4) is 0 Å². The van der Waals surface area contributed by atoms with Gasteiger partial charge in [0.15, 0.2) is 6.29 Å². The van der Waals surface area contributed by atoms with Gasteiger partial charge < -0.3 is 4.74 Å². The van der Waals surface area contributed by atoms with Gasteiger partial charge in [0.05, 0.1) is 12.7 Å². The van der Waals surface area contributed by atoms with Crippen LogP contribution in [0.2, 0.25) is 0 Å². The molecule has 0 aliphatic heterocycles. The minimum atomic E-state index is 0.428. The zero-order valence-corrected chi connectivity index (χ0v) is 8.75. The van der Waals surface area contributed by atoms with Gasteiger partial charge in [0.1, 0.15) is 0 Å². The first-order chi connectivity index (χ1) is 7.86. The number of carbonyl (C=O) groups excluding carboxylic acids is 1. The highest BCUT2D eigenvalue weighted by atomic mass is 16.5. The quantitative estimate of drug-likeness (QED) is 0.733. The molecule has 0 aliphatic rings. The van der Waals surface area contributed by atoms with E-state index in [9.17, 15) is 4.79 Å². The van der Waals surface area contributed by atoms with E-state index in [4.69, 9.17) is 4.74 Å². The maximum atomic E-state index is 11.0. The molecular formula is C12H10N2O2. The van der Waals surface area contributed by atoms with Crippen LogP contribution in [-0.2, 0) is 0 Å². The molecule has 0 unspecified atom stereocenters. The number of aldehydes is 1. The third-order valence-electron chi connectivity index (χ3n) is 2.22. The van der Waals surface area contributed by atoms with E-state index in [1.54, 1.807) is 30.7 Å². The molecule has 16 heavy (non-hydrogen) atoms. The van der Waals surface area contributed by atoms with Gasteiger partial charge >= 0.3 is 0 Å². The fourth-order valence-corrected chi connectivity index (χ4v) is 1.51. The zero-order valence-electron chi connectivity index (χ0n) is 8.75. The summed E-state index contributed by atoms with van der Waals surface area (Å²) >= 11 is 0. The summed E-state index contributed by atoms with van der Waals surface area (Å²) in [5.74, 6) is 0.428. The molecule has 0 saturated heterocycles. The number of carbonyl (C=O) groups is 1. The van der Waals surface area contributed by atoms with Gasteiger partial charge in [-0.3, -0.25) is 9.78 Å². The molecule has 2 aromatic rings. The van der Waals surface area contributed by atoms with E-state index in [2.05, 4.69) is 9.97 Å². The van der Waals surface area contributed by atoms with E-state index in [1.165, 1.54) is 7.11 Å². The highest BCUT2D eigenvalue weighted by Gasteiger charge is 2.11. The van der Waals surface area contributed by atoms with Crippen molar-refractivity contribution in [3.63, 3.8) is 0 Å². The van der Waals surface area contributed by atoms with Crippen LogP contribution in [0.1, 0.15) is 10.4 Å². The number of nitrogens with zero attached hydrogens (tertiary/aromatic N) is 2. The molecule has 0 bridgehead atoms. The van der Waals surface area contributed by atoms with E-state index >= 15 is 0 Å². The Hall–Kier alpha value is -2.23. The van der Waals surface area contributed by atoms with Crippen molar-refractivity contribution in [1.82, 2.24) is 9.97 Å². The van der Waals surface area contributed by atoms with Crippen LogP contribution in [-0.4, -0.2) is 23.4 Å². The second-order valence-electron chi connectivity index (χ2n) is 3.14. The largest absolute Gasteiger partial charge is 0.481 e. The van der Waals surface area contributed by atoms with Crippen LogP contribution < -0.4 is 4.74 Å². The summed E-state index contributed by atoms with van der Waals surface area (Å²) in [6.07, 6.45) is 5.68. The molecule has 0 spiro atoms. The topological polar surface area (TPSA) is 52.1 Å². The summed E-state index contributed by atoms with van der Waals surface area (Å²) in [7, 11) is 1.52. The van der Waals surface area contributed by atoms with Crippen molar-refractivity contribution in [2.24, 2.45) is 0 Å². The maximum absolute atomic E-state index is 11.0. The van der Waals surface area contributed by atoms with Crippen molar-refractivity contribution in [1.29, 1.82) is 0 Å². The van der Waals surface area contributed by atoms with Gasteiger partial charge in [-0.1, -0.05) is 6.07 Å². The molecule has 4 heteroatoms. The Bertz CT molecular complexity index is 498. The predicted molar refractivity (Wildman–Crippen MR) is 59.4 cm³/mol. The van der Waals surface area contributed by atoms with Gasteiger partial charge in [0, 0.05) is 29.7 Å². The lowest BCUT2D eigenvalue weighted by atomic mass is 10.0. The Balaban J connectivity index is 2.66. The Morgan fingerprint density at radius 2 is 2.19 bits per heavy atom. The smallest absolute Gasteiger partial charge is 0.221 e. The Morgan fingerprint density at radius 1 is 1.31 bits per heavy atom. The highest BCUT2D eigenvalue weighted by molar-refractivity contribution is 5.89. The summed E-state index contributed by atoms with van der Waals surface area (Å²) in [6.45, 7) is 0. The van der Waals surface area contributed by atoms with Crippen LogP contribution in [0.5, 0.6) is 5.88 Å². The van der Waals surface area contributed by atoms with Gasteiger partial charge in [-0.05, 0) is 12.1 Å². The van der Waals surface area contributed by atoms with Gasteiger partial charge in [-0.2, -0.15) is 0 Å². The minimum Gasteiger partial charge on any atom is -0.481 e. The average Bonchev–Trinajstić information content (AvgIpc) is 2.38. The number of methoxy groups -OCH3 is 1. The standard InChI is InChI=1S/C12H10N2O2/c1-16-12-11(9-3-2-5-13-7-9)10(8-15)4-6-14-12/h2-8H,1H3. The first-order valence-corrected chi connectivity index (χ1v) is 4.75. The van der Waals surface area contributed by atoms with Crippen LogP contribution in [0, 0.1) is 0 Å². The molecule has 2 aromatic heterocycles. The Labute approximate surface area is 92.9 Å². The van der Waals surface area contributed by atoms with E-state index < -0.39 is 0 Å². The molecule has 0 radical (unpaired) electrons. The Morgan fingerprint density at radius 3 is 2.81 bits per heavy atom. The highest BCUT2D eigenvalue weighted by Crippen LogP contribution is 2.29. The number of aromatic nitrogens is 2. The molecule has 2 rings (SSSR count). The molecule has 0 saturated carbocycles. The van der Waals surface area contributed by atoms with Crippen LogP contribution in [0.4, 0.5) is 0 Å². The second-order valence-corrected chi connectivity index (χ2v) is 3.14. The first-order valence-electron chi connectivity index (χ1n) is 4.75. The summed E-state index contributed by atoms with van der Waals surface area (Å²) in [6, 6.07) is 5.31. The van der Waals surface area contributed by atoms with Crippen molar-refractivity contribution in [2.75, 3.05) is 7.11 Å². The molecule has 0 aromatic carbocycles. The van der Waals surface area contributed by atoms with Gasteiger partial charge in [-0.15, -0.1) is 0 Å². The molecule has 4 nitrogen and oxygen atoms in total. The van der Waals surface area contributed by atoms with E-state index in [0.29, 0.717) is 17.0 Å². The molecular weight excluding hydrogens is 204 g/mol. The van der Waals surface area contributed by atoms with Crippen molar-refractivity contribution >= 4 is 6.29 Å². The number of hydrogen-bond donors (Lipinski definition) is 0. The van der Waals surface area contributed by atoms with E-state index in [0.717, 1.165) is 11.8 Å². The molecule has 0 N–H and O–H groups in total. The molecule has 0 atom stereocenters. The van der Waals surface area contributed by atoms with Crippen molar-refractivity contribution in [2.45, 2.75) is 0 Å². The third kappa shape index (κ3) is 1.77. The Kier molecular flexibility index (Phi) is 2.91. The summed E-state index contributed by atoms with van der Waals surface area (Å²) < 4.78 is 5.14. The molecule has 0 aliphatic carbocycles. The number of ether oxygens (including phenoxy) is 1. The predicted octanol–water partition coefficient (Wildman–Crippen LogP) is 1.96. The minimum absolute atomic E-state index is 0.428. The average molecular weight is 214 g/mol. The SMILES string of the molecule is COc1nccc(C=O)c1-c1cccnc1. The number of hydrogen-bond acceptors (Lipinski definition) is 4. The van der Waals surface area contributed by atoms with Crippen LogP contribution in [0.15, 0.2) is 36.8 Å². The lowest BCUT2D eigenvalue weighted by molar-refractivity contribution is 0.112. The van der Waals surface area contributed by atoms with Crippen molar-refractivity contribution in [3.05, 3.63) is 42.4 Å². The number of rotatable bonds is 3. The lowest BCUT2D eigenvalue weighted by Crippen LogP contribution is -1.96. The van der Waals surface area contributed by atoms with Gasteiger partial charge in [0.25, 0.3) is 0 Å². The summed E-state index contributed by atoms with van der Waals surface area (Å²) in [5, 5.41) is 0. The van der Waals surface area contributed by atoms with Crippen LogP contribution in [0.25, 0.3) is 11.1 Å². The fraction of sp³-hybridized carbons (Fsp3) is 0.0833. The normalized spacial score (nSPS) is 9.81. The molecule has 2 heterocycles. The lowest BCUT2D eigenvalue weighted by Gasteiger charge is -2.08. The monoisotopic (exact) mass is 214 g/mol. The maximum Gasteiger partial charge on any atom is 0.221 e. The molecule has 0 fully saturated rings. The molecule has 0 amide bonds. The summed E-state index contributed by atoms with van der Waals surface area (Å²) in [5.41, 5.74) is 2.03. The summed E-state index contributed by atoms with van der Waals surface area (Å²) in [4.78, 5) is 19.1. The van der Waals surface area contributed by atoms with Gasteiger partial charge in [0.2, 0.25) is 5.88 Å². The van der Waals surface area contributed by atoms with Crippen molar-refractivity contribution in [3.8, 4) is 17.0 Å². The van der Waals surface area contributed by atoms with E-state index in [-0.39, 0.29) is 0 Å². The van der Waals surface area contributed by atoms with Crippen molar-refractivity contribution < 1.29 is 9.53 Å². The third-order valence-corrected chi connectivity index (χ3v) is 2.22. The first kappa shape index (κ1) is 10.3. The zero-order chi connectivity index (χ0) is 11.4.